The Bertz CT molecular complexity index is 469. The van der Waals surface area contributed by atoms with Gasteiger partial charge in [-0.15, -0.1) is 0 Å². The molecule has 0 bridgehead atoms. The molecule has 0 saturated heterocycles. The van der Waals surface area contributed by atoms with Gasteiger partial charge in [0.25, 0.3) is 0 Å². The maximum absolute atomic E-state index is 4.45. The van der Waals surface area contributed by atoms with Gasteiger partial charge in [-0.05, 0) is 37.5 Å². The summed E-state index contributed by atoms with van der Waals surface area (Å²) in [6.45, 7) is 8.51. The summed E-state index contributed by atoms with van der Waals surface area (Å²) in [5, 5.41) is 6.95. The molecule has 1 heterocycles. The third-order valence-corrected chi connectivity index (χ3v) is 4.36. The van der Waals surface area contributed by atoms with E-state index in [1.54, 1.807) is 0 Å². The lowest BCUT2D eigenvalue weighted by molar-refractivity contribution is 0.329. The van der Waals surface area contributed by atoms with Crippen LogP contribution < -0.4 is 10.6 Å². The van der Waals surface area contributed by atoms with E-state index in [-0.39, 0.29) is 0 Å². The lowest BCUT2D eigenvalue weighted by Gasteiger charge is -2.28. The van der Waals surface area contributed by atoms with Crippen molar-refractivity contribution in [1.82, 2.24) is 20.2 Å². The molecule has 2 rings (SSSR count). The number of rotatable bonds is 5. The highest BCUT2D eigenvalue weighted by atomic mass is 15.2. The highest BCUT2D eigenvalue weighted by molar-refractivity contribution is 5.79. The van der Waals surface area contributed by atoms with Crippen LogP contribution in [0.15, 0.2) is 17.4 Å². The van der Waals surface area contributed by atoms with Gasteiger partial charge in [-0.25, -0.2) is 4.98 Å². The van der Waals surface area contributed by atoms with Gasteiger partial charge in [0, 0.05) is 32.0 Å². The largest absolute Gasteiger partial charge is 0.354 e. The minimum absolute atomic E-state index is 0.554. The second-order valence-electron chi connectivity index (χ2n) is 6.92. The van der Waals surface area contributed by atoms with Crippen LogP contribution in [0.25, 0.3) is 0 Å². The molecule has 1 fully saturated rings. The van der Waals surface area contributed by atoms with Crippen LogP contribution >= 0.6 is 0 Å². The lowest BCUT2D eigenvalue weighted by atomic mass is 9.87. The lowest BCUT2D eigenvalue weighted by Crippen LogP contribution is -2.44. The molecule has 1 aromatic rings. The van der Waals surface area contributed by atoms with Gasteiger partial charge in [-0.1, -0.05) is 20.8 Å². The molecule has 0 radical (unpaired) electrons. The first kappa shape index (κ1) is 16.8. The molecule has 5 heteroatoms. The Balaban J connectivity index is 1.83. The normalized spacial score (nSPS) is 22.9. The fourth-order valence-corrected chi connectivity index (χ4v) is 3.02. The average Bonchev–Trinajstić information content (AvgIpc) is 2.92. The molecule has 124 valence electrons. The molecule has 22 heavy (non-hydrogen) atoms. The van der Waals surface area contributed by atoms with E-state index >= 15 is 0 Å². The molecular formula is C17H31N5. The molecule has 0 atom stereocenters. The highest BCUT2D eigenvalue weighted by Gasteiger charge is 2.19. The van der Waals surface area contributed by atoms with Gasteiger partial charge in [0.05, 0.1) is 6.54 Å². The highest BCUT2D eigenvalue weighted by Crippen LogP contribution is 2.23. The number of guanidine groups is 1. The van der Waals surface area contributed by atoms with Crippen molar-refractivity contribution < 1.29 is 0 Å². The van der Waals surface area contributed by atoms with Gasteiger partial charge in [0.1, 0.15) is 5.82 Å². The van der Waals surface area contributed by atoms with Gasteiger partial charge in [0.2, 0.25) is 0 Å². The van der Waals surface area contributed by atoms with Crippen LogP contribution in [0.4, 0.5) is 0 Å². The van der Waals surface area contributed by atoms with Gasteiger partial charge >= 0.3 is 0 Å². The summed E-state index contributed by atoms with van der Waals surface area (Å²) in [5.74, 6) is 3.44. The van der Waals surface area contributed by atoms with Crippen LogP contribution in [0.2, 0.25) is 0 Å². The summed E-state index contributed by atoms with van der Waals surface area (Å²) in [7, 11) is 1.83. The van der Waals surface area contributed by atoms with E-state index in [0.29, 0.717) is 18.5 Å². The minimum Gasteiger partial charge on any atom is -0.354 e. The summed E-state index contributed by atoms with van der Waals surface area (Å²) in [6.07, 6.45) is 9.03. The van der Waals surface area contributed by atoms with E-state index in [1.165, 1.54) is 25.7 Å². The van der Waals surface area contributed by atoms with Gasteiger partial charge < -0.3 is 15.2 Å². The fourth-order valence-electron chi connectivity index (χ4n) is 3.02. The molecule has 1 aliphatic carbocycles. The van der Waals surface area contributed by atoms with Crippen molar-refractivity contribution in [3.8, 4) is 0 Å². The Morgan fingerprint density at radius 3 is 2.73 bits per heavy atom. The number of nitrogens with one attached hydrogen (secondary N) is 2. The Morgan fingerprint density at radius 2 is 2.09 bits per heavy atom. The fraction of sp³-hybridized carbons (Fsp3) is 0.765. The van der Waals surface area contributed by atoms with Crippen molar-refractivity contribution in [3.63, 3.8) is 0 Å². The number of aromatic nitrogens is 2. The Kier molecular flexibility index (Phi) is 6.28. The van der Waals surface area contributed by atoms with Crippen molar-refractivity contribution in [1.29, 1.82) is 0 Å². The summed E-state index contributed by atoms with van der Waals surface area (Å²) >= 11 is 0. The quantitative estimate of drug-likeness (QED) is 0.650. The third kappa shape index (κ3) is 5.04. The monoisotopic (exact) mass is 305 g/mol. The minimum atomic E-state index is 0.554. The Labute approximate surface area is 134 Å². The van der Waals surface area contributed by atoms with Crippen molar-refractivity contribution in [2.45, 2.75) is 65.6 Å². The zero-order valence-corrected chi connectivity index (χ0v) is 14.5. The molecule has 1 aliphatic rings. The van der Waals surface area contributed by atoms with E-state index in [1.807, 2.05) is 13.2 Å². The van der Waals surface area contributed by atoms with Crippen molar-refractivity contribution in [3.05, 3.63) is 18.2 Å². The van der Waals surface area contributed by atoms with E-state index < -0.39 is 0 Å². The molecule has 0 unspecified atom stereocenters. The second-order valence-corrected chi connectivity index (χ2v) is 6.92. The predicted molar refractivity (Wildman–Crippen MR) is 91.8 cm³/mol. The van der Waals surface area contributed by atoms with Crippen molar-refractivity contribution in [2.24, 2.45) is 16.8 Å². The molecule has 1 saturated carbocycles. The molecule has 0 spiro atoms. The zero-order chi connectivity index (χ0) is 15.9. The third-order valence-electron chi connectivity index (χ3n) is 4.36. The zero-order valence-electron chi connectivity index (χ0n) is 14.5. The number of hydrogen-bond donors (Lipinski definition) is 2. The van der Waals surface area contributed by atoms with Crippen molar-refractivity contribution >= 4 is 5.96 Å². The Morgan fingerprint density at radius 1 is 1.36 bits per heavy atom. The summed E-state index contributed by atoms with van der Waals surface area (Å²) < 4.78 is 2.22. The summed E-state index contributed by atoms with van der Waals surface area (Å²) in [4.78, 5) is 8.80. The molecule has 5 nitrogen and oxygen atoms in total. The summed E-state index contributed by atoms with van der Waals surface area (Å²) in [5.41, 5.74) is 0. The number of hydrogen-bond acceptors (Lipinski definition) is 2. The molecule has 0 aromatic carbocycles. The van der Waals surface area contributed by atoms with E-state index in [0.717, 1.165) is 24.2 Å². The number of nitrogens with zero attached hydrogens (tertiary/aromatic N) is 3. The van der Waals surface area contributed by atoms with E-state index in [4.69, 9.17) is 0 Å². The maximum Gasteiger partial charge on any atom is 0.191 e. The molecule has 1 aromatic heterocycles. The SMILES string of the molecule is CN=C(NCc1nccn1CC(C)C)NC1CCC(C)CC1. The topological polar surface area (TPSA) is 54.2 Å². The van der Waals surface area contributed by atoms with Crippen LogP contribution in [-0.2, 0) is 13.1 Å². The smallest absolute Gasteiger partial charge is 0.191 e. The van der Waals surface area contributed by atoms with Crippen LogP contribution in [0.3, 0.4) is 0 Å². The average molecular weight is 305 g/mol. The first-order valence-corrected chi connectivity index (χ1v) is 8.55. The van der Waals surface area contributed by atoms with Gasteiger partial charge in [-0.2, -0.15) is 0 Å². The summed E-state index contributed by atoms with van der Waals surface area (Å²) in [6, 6.07) is 0.554. The van der Waals surface area contributed by atoms with E-state index in [2.05, 4.69) is 52.1 Å². The molecular weight excluding hydrogens is 274 g/mol. The molecule has 0 amide bonds. The van der Waals surface area contributed by atoms with Crippen molar-refractivity contribution in [2.75, 3.05) is 7.05 Å². The van der Waals surface area contributed by atoms with E-state index in [9.17, 15) is 0 Å². The Hall–Kier alpha value is -1.52. The second kappa shape index (κ2) is 8.20. The van der Waals surface area contributed by atoms with Crippen LogP contribution in [0.5, 0.6) is 0 Å². The first-order valence-electron chi connectivity index (χ1n) is 8.55. The van der Waals surface area contributed by atoms with Crippen LogP contribution in [0, 0.1) is 11.8 Å². The first-order chi connectivity index (χ1) is 10.6. The molecule has 0 aliphatic heterocycles. The standard InChI is InChI=1S/C17H31N5/c1-13(2)12-22-10-9-19-16(22)11-20-17(18-4)21-15-7-5-14(3)6-8-15/h9-10,13-15H,5-8,11-12H2,1-4H3,(H2,18,20,21). The number of aliphatic imine (C=N–C) groups is 1. The number of imidazole rings is 1. The van der Waals surface area contributed by atoms with Crippen LogP contribution in [0.1, 0.15) is 52.3 Å². The van der Waals surface area contributed by atoms with Crippen LogP contribution in [-0.4, -0.2) is 28.6 Å². The molecule has 2 N–H and O–H groups in total. The van der Waals surface area contributed by atoms with Gasteiger partial charge in [0.15, 0.2) is 5.96 Å². The van der Waals surface area contributed by atoms with Gasteiger partial charge in [-0.3, -0.25) is 4.99 Å². The maximum atomic E-state index is 4.45. The predicted octanol–water partition coefficient (Wildman–Crippen LogP) is 2.78.